The quantitative estimate of drug-likeness (QED) is 0.743. The Hall–Kier alpha value is -0.990. The van der Waals surface area contributed by atoms with Crippen LogP contribution in [0.4, 0.5) is 5.82 Å². The molecular formula is C12H21N3. The summed E-state index contributed by atoms with van der Waals surface area (Å²) in [6, 6.07) is 0. The molecule has 0 amide bonds. The summed E-state index contributed by atoms with van der Waals surface area (Å²) in [7, 11) is 0. The molecule has 0 aliphatic heterocycles. The Balaban J connectivity index is 2.27. The summed E-state index contributed by atoms with van der Waals surface area (Å²) in [5.41, 5.74) is 2.83. The number of rotatable bonds is 1. The smallest absolute Gasteiger partial charge is 0.151 e. The van der Waals surface area contributed by atoms with Crippen molar-refractivity contribution in [3.63, 3.8) is 0 Å². The van der Waals surface area contributed by atoms with Crippen LogP contribution in [0.2, 0.25) is 0 Å². The van der Waals surface area contributed by atoms with E-state index >= 15 is 0 Å². The summed E-state index contributed by atoms with van der Waals surface area (Å²) in [5, 5.41) is 11.1. The lowest BCUT2D eigenvalue weighted by atomic mass is 9.89. The standard InChI is InChI=1S/C12H21N3/c1-8-6-5-7-9-10(8)14-15-11(9)13-12(2,3)4/h8H,5-7H2,1-4H3,(H2,13,14,15). The van der Waals surface area contributed by atoms with Gasteiger partial charge in [0.25, 0.3) is 0 Å². The van der Waals surface area contributed by atoms with Crippen LogP contribution < -0.4 is 5.32 Å². The number of nitrogens with one attached hydrogen (secondary N) is 2. The summed E-state index contributed by atoms with van der Waals surface area (Å²) in [4.78, 5) is 0. The van der Waals surface area contributed by atoms with Gasteiger partial charge in [-0.1, -0.05) is 6.92 Å². The van der Waals surface area contributed by atoms with Crippen LogP contribution in [0.15, 0.2) is 0 Å². The van der Waals surface area contributed by atoms with E-state index < -0.39 is 0 Å². The minimum Gasteiger partial charge on any atom is -0.364 e. The molecule has 0 radical (unpaired) electrons. The normalized spacial score (nSPS) is 21.2. The molecule has 1 unspecified atom stereocenters. The number of nitrogens with zero attached hydrogens (tertiary/aromatic N) is 1. The van der Waals surface area contributed by atoms with E-state index in [2.05, 4.69) is 43.2 Å². The monoisotopic (exact) mass is 207 g/mol. The van der Waals surface area contributed by atoms with Crippen molar-refractivity contribution in [3.8, 4) is 0 Å². The Morgan fingerprint density at radius 1 is 1.40 bits per heavy atom. The maximum Gasteiger partial charge on any atom is 0.151 e. The second-order valence-electron chi connectivity index (χ2n) is 5.63. The topological polar surface area (TPSA) is 40.7 Å². The molecule has 3 heteroatoms. The lowest BCUT2D eigenvalue weighted by molar-refractivity contribution is 0.577. The molecule has 1 aliphatic carbocycles. The third-order valence-electron chi connectivity index (χ3n) is 2.95. The van der Waals surface area contributed by atoms with E-state index in [-0.39, 0.29) is 5.54 Å². The molecule has 0 aromatic carbocycles. The zero-order chi connectivity index (χ0) is 11.1. The zero-order valence-electron chi connectivity index (χ0n) is 10.1. The molecule has 84 valence electrons. The van der Waals surface area contributed by atoms with E-state index in [1.54, 1.807) is 0 Å². The molecule has 0 saturated heterocycles. The lowest BCUT2D eigenvalue weighted by Gasteiger charge is -2.23. The van der Waals surface area contributed by atoms with Crippen LogP contribution in [0.5, 0.6) is 0 Å². The van der Waals surface area contributed by atoms with Crippen molar-refractivity contribution in [1.29, 1.82) is 0 Å². The highest BCUT2D eigenvalue weighted by Crippen LogP contribution is 2.34. The predicted molar refractivity (Wildman–Crippen MR) is 63.3 cm³/mol. The molecule has 1 aromatic rings. The molecule has 1 heterocycles. The Kier molecular flexibility index (Phi) is 2.49. The minimum absolute atomic E-state index is 0.0870. The first-order valence-corrected chi connectivity index (χ1v) is 5.83. The van der Waals surface area contributed by atoms with Gasteiger partial charge in [-0.05, 0) is 46.0 Å². The van der Waals surface area contributed by atoms with Crippen LogP contribution in [0.1, 0.15) is 57.7 Å². The highest BCUT2D eigenvalue weighted by molar-refractivity contribution is 5.50. The number of aromatic amines is 1. The van der Waals surface area contributed by atoms with Crippen LogP contribution in [0, 0.1) is 0 Å². The van der Waals surface area contributed by atoms with Crippen LogP contribution >= 0.6 is 0 Å². The number of anilines is 1. The summed E-state index contributed by atoms with van der Waals surface area (Å²) >= 11 is 0. The predicted octanol–water partition coefficient (Wildman–Crippen LogP) is 3.06. The maximum absolute atomic E-state index is 4.40. The van der Waals surface area contributed by atoms with E-state index in [1.807, 2.05) is 0 Å². The molecule has 0 spiro atoms. The average Bonchev–Trinajstić information content (AvgIpc) is 2.48. The summed E-state index contributed by atoms with van der Waals surface area (Å²) in [6.07, 6.45) is 3.73. The van der Waals surface area contributed by atoms with Gasteiger partial charge in [-0.2, -0.15) is 5.10 Å². The molecular weight excluding hydrogens is 186 g/mol. The van der Waals surface area contributed by atoms with Crippen LogP contribution in [0.25, 0.3) is 0 Å². The van der Waals surface area contributed by atoms with Gasteiger partial charge in [0.2, 0.25) is 0 Å². The first-order chi connectivity index (χ1) is 6.97. The van der Waals surface area contributed by atoms with Gasteiger partial charge in [0.1, 0.15) is 0 Å². The van der Waals surface area contributed by atoms with Gasteiger partial charge < -0.3 is 5.32 Å². The second-order valence-corrected chi connectivity index (χ2v) is 5.63. The summed E-state index contributed by atoms with van der Waals surface area (Å²) in [6.45, 7) is 8.78. The van der Waals surface area contributed by atoms with Gasteiger partial charge in [-0.3, -0.25) is 5.10 Å². The van der Waals surface area contributed by atoms with Gasteiger partial charge in [-0.25, -0.2) is 0 Å². The SMILES string of the molecule is CC1CCCc2c(NC(C)(C)C)n[nH]c21. The van der Waals surface area contributed by atoms with E-state index in [1.165, 1.54) is 24.1 Å². The van der Waals surface area contributed by atoms with Crippen molar-refractivity contribution in [1.82, 2.24) is 10.2 Å². The highest BCUT2D eigenvalue weighted by atomic mass is 15.2. The van der Waals surface area contributed by atoms with Gasteiger partial charge in [0.15, 0.2) is 5.82 Å². The first kappa shape index (κ1) is 10.5. The van der Waals surface area contributed by atoms with E-state index in [9.17, 15) is 0 Å². The zero-order valence-corrected chi connectivity index (χ0v) is 10.1. The highest BCUT2D eigenvalue weighted by Gasteiger charge is 2.24. The second kappa shape index (κ2) is 3.54. The molecule has 1 atom stereocenters. The van der Waals surface area contributed by atoms with Gasteiger partial charge in [0.05, 0.1) is 0 Å². The van der Waals surface area contributed by atoms with Crippen molar-refractivity contribution in [2.24, 2.45) is 0 Å². The van der Waals surface area contributed by atoms with Crippen LogP contribution in [-0.4, -0.2) is 15.7 Å². The molecule has 1 aromatic heterocycles. The van der Waals surface area contributed by atoms with Crippen LogP contribution in [-0.2, 0) is 6.42 Å². The Morgan fingerprint density at radius 3 is 2.80 bits per heavy atom. The Bertz CT molecular complexity index is 346. The van der Waals surface area contributed by atoms with Crippen molar-refractivity contribution in [2.75, 3.05) is 5.32 Å². The first-order valence-electron chi connectivity index (χ1n) is 5.83. The largest absolute Gasteiger partial charge is 0.364 e. The molecule has 15 heavy (non-hydrogen) atoms. The van der Waals surface area contributed by atoms with E-state index in [0.29, 0.717) is 5.92 Å². The number of H-pyrrole nitrogens is 1. The van der Waals surface area contributed by atoms with Crippen molar-refractivity contribution < 1.29 is 0 Å². The molecule has 0 saturated carbocycles. The van der Waals surface area contributed by atoms with Crippen LogP contribution in [0.3, 0.4) is 0 Å². The summed E-state index contributed by atoms with van der Waals surface area (Å²) in [5.74, 6) is 1.70. The lowest BCUT2D eigenvalue weighted by Crippen LogP contribution is -2.27. The number of hydrogen-bond acceptors (Lipinski definition) is 2. The van der Waals surface area contributed by atoms with E-state index in [4.69, 9.17) is 0 Å². The van der Waals surface area contributed by atoms with Crippen molar-refractivity contribution in [3.05, 3.63) is 11.3 Å². The van der Waals surface area contributed by atoms with E-state index in [0.717, 1.165) is 12.2 Å². The molecule has 3 nitrogen and oxygen atoms in total. The number of aromatic nitrogens is 2. The summed E-state index contributed by atoms with van der Waals surface area (Å²) < 4.78 is 0. The molecule has 2 N–H and O–H groups in total. The molecule has 1 aliphatic rings. The third kappa shape index (κ3) is 2.16. The van der Waals surface area contributed by atoms with Gasteiger partial charge >= 0.3 is 0 Å². The molecule has 0 fully saturated rings. The Labute approximate surface area is 91.7 Å². The average molecular weight is 207 g/mol. The molecule has 2 rings (SSSR count). The molecule has 0 bridgehead atoms. The fourth-order valence-corrected chi connectivity index (χ4v) is 2.23. The van der Waals surface area contributed by atoms with Crippen molar-refractivity contribution >= 4 is 5.82 Å². The fourth-order valence-electron chi connectivity index (χ4n) is 2.23. The van der Waals surface area contributed by atoms with Gasteiger partial charge in [-0.15, -0.1) is 0 Å². The van der Waals surface area contributed by atoms with Crippen molar-refractivity contribution in [2.45, 2.75) is 58.4 Å². The third-order valence-corrected chi connectivity index (χ3v) is 2.95. The fraction of sp³-hybridized carbons (Fsp3) is 0.750. The minimum atomic E-state index is 0.0870. The number of fused-ring (bicyclic) bond motifs is 1. The number of hydrogen-bond donors (Lipinski definition) is 2. The maximum atomic E-state index is 4.40. The van der Waals surface area contributed by atoms with Gasteiger partial charge in [0, 0.05) is 16.8 Å². The Morgan fingerprint density at radius 2 is 2.13 bits per heavy atom.